The minimum absolute atomic E-state index is 0.340. The minimum atomic E-state index is -0.469. The van der Waals surface area contributed by atoms with Crippen LogP contribution in [0.4, 0.5) is 10.5 Å². The monoisotopic (exact) mass is 224 g/mol. The molecule has 16 heavy (non-hydrogen) atoms. The first-order valence-corrected chi connectivity index (χ1v) is 4.98. The Kier molecular flexibility index (Phi) is 5.15. The van der Waals surface area contributed by atoms with Crippen LogP contribution in [0.5, 0.6) is 5.75 Å². The molecule has 0 bridgehead atoms. The quantitative estimate of drug-likeness (QED) is 0.743. The van der Waals surface area contributed by atoms with E-state index in [4.69, 9.17) is 9.47 Å². The summed E-state index contributed by atoms with van der Waals surface area (Å²) in [7, 11) is 3.37. The molecule has 0 saturated carbocycles. The summed E-state index contributed by atoms with van der Waals surface area (Å²) >= 11 is 0. The van der Waals surface area contributed by atoms with Crippen LogP contribution in [-0.2, 0) is 4.74 Å². The molecule has 0 spiro atoms. The van der Waals surface area contributed by atoms with Gasteiger partial charge in [0.05, 0.1) is 7.11 Å². The zero-order valence-corrected chi connectivity index (χ0v) is 9.45. The lowest BCUT2D eigenvalue weighted by Crippen LogP contribution is -2.20. The first-order valence-electron chi connectivity index (χ1n) is 4.98. The molecule has 88 valence electrons. The third-order valence-electron chi connectivity index (χ3n) is 1.90. The number of benzene rings is 1. The number of carbonyl (C=O) groups excluding carboxylic acids is 1. The van der Waals surface area contributed by atoms with Gasteiger partial charge < -0.3 is 14.8 Å². The maximum Gasteiger partial charge on any atom is 0.411 e. The highest BCUT2D eigenvalue weighted by molar-refractivity contribution is 5.84. The van der Waals surface area contributed by atoms with Crippen LogP contribution in [0.15, 0.2) is 24.3 Å². The summed E-state index contributed by atoms with van der Waals surface area (Å²) in [5.74, 6) is 0.688. The molecule has 1 amide bonds. The van der Waals surface area contributed by atoms with Crippen LogP contribution < -0.4 is 15.4 Å². The van der Waals surface area contributed by atoms with Crippen molar-refractivity contribution in [3.05, 3.63) is 24.3 Å². The number of anilines is 1. The first kappa shape index (κ1) is 12.3. The fourth-order valence-electron chi connectivity index (χ4n) is 1.10. The van der Waals surface area contributed by atoms with Crippen LogP contribution in [0, 0.1) is 0 Å². The Balaban J connectivity index is 2.43. The third kappa shape index (κ3) is 4.18. The Morgan fingerprint density at radius 2 is 2.25 bits per heavy atom. The number of ether oxygens (including phenoxy) is 2. The number of nitrogens with one attached hydrogen (secondary N) is 2. The van der Waals surface area contributed by atoms with E-state index >= 15 is 0 Å². The molecular weight excluding hydrogens is 208 g/mol. The molecule has 0 radical (unpaired) electrons. The summed E-state index contributed by atoms with van der Waals surface area (Å²) < 4.78 is 9.94. The molecule has 0 aliphatic carbocycles. The zero-order chi connectivity index (χ0) is 11.8. The van der Waals surface area contributed by atoms with E-state index in [1.807, 2.05) is 0 Å². The van der Waals surface area contributed by atoms with Gasteiger partial charge in [-0.1, -0.05) is 6.07 Å². The van der Waals surface area contributed by atoms with Gasteiger partial charge >= 0.3 is 6.09 Å². The van der Waals surface area contributed by atoms with Crippen LogP contribution in [0.3, 0.4) is 0 Å². The van der Waals surface area contributed by atoms with Gasteiger partial charge in [0.15, 0.2) is 0 Å². The highest BCUT2D eigenvalue weighted by Crippen LogP contribution is 2.16. The van der Waals surface area contributed by atoms with Gasteiger partial charge in [-0.15, -0.1) is 0 Å². The van der Waals surface area contributed by atoms with Gasteiger partial charge in [0, 0.05) is 18.3 Å². The number of hydrogen-bond donors (Lipinski definition) is 2. The van der Waals surface area contributed by atoms with E-state index in [1.165, 1.54) is 0 Å². The van der Waals surface area contributed by atoms with Crippen molar-refractivity contribution in [3.63, 3.8) is 0 Å². The Bertz CT molecular complexity index is 342. The van der Waals surface area contributed by atoms with E-state index < -0.39 is 6.09 Å². The van der Waals surface area contributed by atoms with Crippen molar-refractivity contribution in [2.24, 2.45) is 0 Å². The van der Waals surface area contributed by atoms with Crippen molar-refractivity contribution >= 4 is 11.8 Å². The van der Waals surface area contributed by atoms with E-state index in [2.05, 4.69) is 10.6 Å². The summed E-state index contributed by atoms with van der Waals surface area (Å²) in [5, 5.41) is 5.49. The lowest BCUT2D eigenvalue weighted by molar-refractivity contribution is 0.163. The molecule has 5 heteroatoms. The van der Waals surface area contributed by atoms with Crippen LogP contribution >= 0.6 is 0 Å². The number of amides is 1. The number of rotatable bonds is 5. The van der Waals surface area contributed by atoms with Crippen molar-refractivity contribution in [2.75, 3.05) is 32.6 Å². The van der Waals surface area contributed by atoms with Crippen molar-refractivity contribution in [1.29, 1.82) is 0 Å². The van der Waals surface area contributed by atoms with Crippen molar-refractivity contribution in [1.82, 2.24) is 5.32 Å². The summed E-state index contributed by atoms with van der Waals surface area (Å²) in [6, 6.07) is 7.08. The van der Waals surface area contributed by atoms with Crippen LogP contribution in [-0.4, -0.2) is 33.4 Å². The standard InChI is InChI=1S/C11H16N2O3/c1-12-6-7-16-11(14)13-9-4-3-5-10(8-9)15-2/h3-5,8,12H,6-7H2,1-2H3,(H,13,14). The summed E-state index contributed by atoms with van der Waals surface area (Å²) in [6.07, 6.45) is -0.469. The fraction of sp³-hybridized carbons (Fsp3) is 0.364. The van der Waals surface area contributed by atoms with Crippen molar-refractivity contribution in [2.45, 2.75) is 0 Å². The maximum absolute atomic E-state index is 11.3. The number of carbonyl (C=O) groups is 1. The Labute approximate surface area is 94.7 Å². The molecule has 0 atom stereocenters. The largest absolute Gasteiger partial charge is 0.497 e. The van der Waals surface area contributed by atoms with Gasteiger partial charge in [0.1, 0.15) is 12.4 Å². The summed E-state index contributed by atoms with van der Waals surface area (Å²) in [5.41, 5.74) is 0.647. The number of methoxy groups -OCH3 is 1. The molecule has 1 aromatic carbocycles. The normalized spacial score (nSPS) is 9.62. The SMILES string of the molecule is CNCCOC(=O)Nc1cccc(OC)c1. The zero-order valence-electron chi connectivity index (χ0n) is 9.45. The van der Waals surface area contributed by atoms with E-state index in [0.717, 1.165) is 0 Å². The molecule has 0 aliphatic rings. The molecule has 5 nitrogen and oxygen atoms in total. The van der Waals surface area contributed by atoms with Crippen LogP contribution in [0.2, 0.25) is 0 Å². The number of likely N-dealkylation sites (N-methyl/N-ethyl adjacent to an activating group) is 1. The average molecular weight is 224 g/mol. The molecule has 0 heterocycles. The molecule has 1 rings (SSSR count). The predicted octanol–water partition coefficient (Wildman–Crippen LogP) is 1.46. The van der Waals surface area contributed by atoms with Crippen molar-refractivity contribution < 1.29 is 14.3 Å². The fourth-order valence-corrected chi connectivity index (χ4v) is 1.10. The molecule has 2 N–H and O–H groups in total. The first-order chi connectivity index (χ1) is 7.76. The highest BCUT2D eigenvalue weighted by Gasteiger charge is 2.02. The van der Waals surface area contributed by atoms with Crippen molar-refractivity contribution in [3.8, 4) is 5.75 Å². The van der Waals surface area contributed by atoms with Crippen LogP contribution in [0.1, 0.15) is 0 Å². The van der Waals surface area contributed by atoms with E-state index in [-0.39, 0.29) is 0 Å². The molecule has 0 aliphatic heterocycles. The summed E-state index contributed by atoms with van der Waals surface area (Å²) in [6.45, 7) is 0.970. The van der Waals surface area contributed by atoms with E-state index in [0.29, 0.717) is 24.6 Å². The highest BCUT2D eigenvalue weighted by atomic mass is 16.5. The predicted molar refractivity (Wildman–Crippen MR) is 61.9 cm³/mol. The second-order valence-corrected chi connectivity index (χ2v) is 3.10. The van der Waals surface area contributed by atoms with Gasteiger partial charge in [-0.2, -0.15) is 0 Å². The van der Waals surface area contributed by atoms with Gasteiger partial charge in [0.25, 0.3) is 0 Å². The van der Waals surface area contributed by atoms with Crippen LogP contribution in [0.25, 0.3) is 0 Å². The molecular formula is C11H16N2O3. The molecule has 0 aromatic heterocycles. The topological polar surface area (TPSA) is 59.6 Å². The number of hydrogen-bond acceptors (Lipinski definition) is 4. The van der Waals surface area contributed by atoms with Gasteiger partial charge in [-0.25, -0.2) is 4.79 Å². The Morgan fingerprint density at radius 1 is 1.44 bits per heavy atom. The molecule has 0 saturated heterocycles. The average Bonchev–Trinajstić information content (AvgIpc) is 2.29. The van der Waals surface area contributed by atoms with Gasteiger partial charge in [0.2, 0.25) is 0 Å². The smallest absolute Gasteiger partial charge is 0.411 e. The second kappa shape index (κ2) is 6.68. The summed E-state index contributed by atoms with van der Waals surface area (Å²) in [4.78, 5) is 11.3. The Morgan fingerprint density at radius 3 is 2.94 bits per heavy atom. The second-order valence-electron chi connectivity index (χ2n) is 3.10. The lowest BCUT2D eigenvalue weighted by atomic mass is 10.3. The van der Waals surface area contributed by atoms with E-state index in [9.17, 15) is 4.79 Å². The maximum atomic E-state index is 11.3. The van der Waals surface area contributed by atoms with Gasteiger partial charge in [-0.05, 0) is 19.2 Å². The Hall–Kier alpha value is -1.75. The van der Waals surface area contributed by atoms with E-state index in [1.54, 1.807) is 38.4 Å². The lowest BCUT2D eigenvalue weighted by Gasteiger charge is -2.07. The minimum Gasteiger partial charge on any atom is -0.497 e. The van der Waals surface area contributed by atoms with Gasteiger partial charge in [-0.3, -0.25) is 5.32 Å². The molecule has 0 fully saturated rings. The molecule has 0 unspecified atom stereocenters. The third-order valence-corrected chi connectivity index (χ3v) is 1.90. The molecule has 1 aromatic rings.